The molecule has 2 nitrogen and oxygen atoms in total. The fraction of sp³-hybridized carbons (Fsp3) is 0.211. The van der Waals surface area contributed by atoms with E-state index in [1.54, 1.807) is 6.20 Å². The SMILES string of the molecule is OC(c1cccc(C2CC2)c1)c1ccc2ncccc2c1. The maximum absolute atomic E-state index is 10.7. The monoisotopic (exact) mass is 275 g/mol. The van der Waals surface area contributed by atoms with Crippen LogP contribution in [0.2, 0.25) is 0 Å². The van der Waals surface area contributed by atoms with E-state index < -0.39 is 6.10 Å². The predicted molar refractivity (Wildman–Crippen MR) is 84.2 cm³/mol. The highest BCUT2D eigenvalue weighted by Gasteiger charge is 2.24. The number of aliphatic hydroxyl groups excluding tert-OH is 1. The second-order valence-corrected chi connectivity index (χ2v) is 5.80. The number of hydrogen-bond donors (Lipinski definition) is 1. The molecule has 2 aromatic carbocycles. The van der Waals surface area contributed by atoms with Crippen LogP contribution in [-0.2, 0) is 0 Å². The quantitative estimate of drug-likeness (QED) is 0.777. The number of nitrogens with zero attached hydrogens (tertiary/aromatic N) is 1. The molecule has 0 saturated heterocycles. The molecule has 2 heteroatoms. The zero-order valence-electron chi connectivity index (χ0n) is 11.7. The van der Waals surface area contributed by atoms with Crippen molar-refractivity contribution in [2.75, 3.05) is 0 Å². The van der Waals surface area contributed by atoms with Crippen LogP contribution in [0.1, 0.15) is 41.6 Å². The van der Waals surface area contributed by atoms with E-state index in [4.69, 9.17) is 0 Å². The van der Waals surface area contributed by atoms with E-state index in [0.717, 1.165) is 22.0 Å². The van der Waals surface area contributed by atoms with Crippen molar-refractivity contribution in [1.82, 2.24) is 4.98 Å². The number of aromatic nitrogens is 1. The molecule has 1 aliphatic carbocycles. The number of hydrogen-bond acceptors (Lipinski definition) is 2. The Balaban J connectivity index is 1.71. The predicted octanol–water partition coefficient (Wildman–Crippen LogP) is 4.19. The van der Waals surface area contributed by atoms with Crippen LogP contribution in [-0.4, -0.2) is 10.1 Å². The van der Waals surface area contributed by atoms with Crippen LogP contribution in [0.25, 0.3) is 10.9 Å². The van der Waals surface area contributed by atoms with Gasteiger partial charge < -0.3 is 5.11 Å². The summed E-state index contributed by atoms with van der Waals surface area (Å²) in [5.41, 5.74) is 4.21. The Morgan fingerprint density at radius 1 is 0.952 bits per heavy atom. The molecule has 1 aliphatic rings. The molecule has 1 heterocycles. The molecular weight excluding hydrogens is 258 g/mol. The van der Waals surface area contributed by atoms with Gasteiger partial charge in [-0.05, 0) is 53.6 Å². The van der Waals surface area contributed by atoms with Gasteiger partial charge in [0.1, 0.15) is 6.10 Å². The Kier molecular flexibility index (Phi) is 2.97. The van der Waals surface area contributed by atoms with Gasteiger partial charge in [-0.2, -0.15) is 0 Å². The molecule has 0 bridgehead atoms. The minimum Gasteiger partial charge on any atom is -0.384 e. The van der Waals surface area contributed by atoms with Gasteiger partial charge in [-0.1, -0.05) is 36.4 Å². The fourth-order valence-corrected chi connectivity index (χ4v) is 2.86. The van der Waals surface area contributed by atoms with Crippen molar-refractivity contribution in [3.63, 3.8) is 0 Å². The number of aliphatic hydroxyl groups is 1. The summed E-state index contributed by atoms with van der Waals surface area (Å²) in [7, 11) is 0. The van der Waals surface area contributed by atoms with Crippen molar-refractivity contribution in [3.05, 3.63) is 77.5 Å². The van der Waals surface area contributed by atoms with E-state index in [1.807, 2.05) is 36.4 Å². The Morgan fingerprint density at radius 3 is 2.67 bits per heavy atom. The largest absolute Gasteiger partial charge is 0.384 e. The average molecular weight is 275 g/mol. The first-order valence-electron chi connectivity index (χ1n) is 7.44. The van der Waals surface area contributed by atoms with E-state index in [0.29, 0.717) is 5.92 Å². The summed E-state index contributed by atoms with van der Waals surface area (Å²) in [4.78, 5) is 4.32. The molecular formula is C19H17NO. The number of rotatable bonds is 3. The van der Waals surface area contributed by atoms with E-state index in [1.165, 1.54) is 18.4 Å². The van der Waals surface area contributed by atoms with Gasteiger partial charge in [0, 0.05) is 11.6 Å². The first kappa shape index (κ1) is 12.5. The molecule has 3 aromatic rings. The van der Waals surface area contributed by atoms with Crippen molar-refractivity contribution in [2.45, 2.75) is 24.9 Å². The highest BCUT2D eigenvalue weighted by Crippen LogP contribution is 2.41. The molecule has 1 atom stereocenters. The zero-order valence-corrected chi connectivity index (χ0v) is 11.7. The van der Waals surface area contributed by atoms with Crippen molar-refractivity contribution < 1.29 is 5.11 Å². The highest BCUT2D eigenvalue weighted by molar-refractivity contribution is 5.79. The van der Waals surface area contributed by atoms with Gasteiger partial charge in [0.25, 0.3) is 0 Å². The molecule has 1 N–H and O–H groups in total. The summed E-state index contributed by atoms with van der Waals surface area (Å²) in [5.74, 6) is 0.706. The molecule has 0 amide bonds. The summed E-state index contributed by atoms with van der Waals surface area (Å²) in [5, 5.41) is 11.7. The highest BCUT2D eigenvalue weighted by atomic mass is 16.3. The van der Waals surface area contributed by atoms with Crippen LogP contribution in [0.4, 0.5) is 0 Å². The van der Waals surface area contributed by atoms with Crippen molar-refractivity contribution in [3.8, 4) is 0 Å². The second kappa shape index (κ2) is 4.97. The maximum atomic E-state index is 10.7. The van der Waals surface area contributed by atoms with Gasteiger partial charge >= 0.3 is 0 Å². The number of benzene rings is 2. The molecule has 21 heavy (non-hydrogen) atoms. The molecule has 1 unspecified atom stereocenters. The third-order valence-electron chi connectivity index (χ3n) is 4.22. The first-order chi connectivity index (χ1) is 10.3. The van der Waals surface area contributed by atoms with Crippen molar-refractivity contribution in [1.29, 1.82) is 0 Å². The first-order valence-corrected chi connectivity index (χ1v) is 7.44. The molecule has 1 saturated carbocycles. The minimum absolute atomic E-state index is 0.576. The third kappa shape index (κ3) is 2.43. The summed E-state index contributed by atoms with van der Waals surface area (Å²) in [6.45, 7) is 0. The Morgan fingerprint density at radius 2 is 1.81 bits per heavy atom. The Labute approximate surface area is 124 Å². The molecule has 0 spiro atoms. The molecule has 0 radical (unpaired) electrons. The maximum Gasteiger partial charge on any atom is 0.104 e. The standard InChI is InChI=1S/C19H17NO/c21-19(16-4-1-3-14(11-16)13-6-7-13)17-8-9-18-15(12-17)5-2-10-20-18/h1-5,8-13,19,21H,6-7H2. The van der Waals surface area contributed by atoms with Crippen LogP contribution < -0.4 is 0 Å². The lowest BCUT2D eigenvalue weighted by Crippen LogP contribution is -2.00. The molecule has 0 aliphatic heterocycles. The smallest absolute Gasteiger partial charge is 0.104 e. The normalized spacial score (nSPS) is 16.0. The van der Waals surface area contributed by atoms with Crippen LogP contribution >= 0.6 is 0 Å². The molecule has 4 rings (SSSR count). The lowest BCUT2D eigenvalue weighted by Gasteiger charge is -2.13. The van der Waals surface area contributed by atoms with E-state index in [9.17, 15) is 5.11 Å². The summed E-state index contributed by atoms with van der Waals surface area (Å²) >= 11 is 0. The summed E-state index contributed by atoms with van der Waals surface area (Å²) in [6.07, 6.45) is 3.77. The van der Waals surface area contributed by atoms with Gasteiger partial charge in [0.2, 0.25) is 0 Å². The number of fused-ring (bicyclic) bond motifs is 1. The fourth-order valence-electron chi connectivity index (χ4n) is 2.86. The third-order valence-corrected chi connectivity index (χ3v) is 4.22. The van der Waals surface area contributed by atoms with Gasteiger partial charge in [0.15, 0.2) is 0 Å². The zero-order chi connectivity index (χ0) is 14.2. The van der Waals surface area contributed by atoms with E-state index in [2.05, 4.69) is 23.2 Å². The average Bonchev–Trinajstić information content (AvgIpc) is 3.39. The lowest BCUT2D eigenvalue weighted by molar-refractivity contribution is 0.220. The second-order valence-electron chi connectivity index (χ2n) is 5.80. The molecule has 1 aromatic heterocycles. The molecule has 1 fully saturated rings. The Bertz CT molecular complexity index is 792. The van der Waals surface area contributed by atoms with Crippen molar-refractivity contribution >= 4 is 10.9 Å². The molecule has 104 valence electrons. The van der Waals surface area contributed by atoms with E-state index >= 15 is 0 Å². The van der Waals surface area contributed by atoms with Crippen LogP contribution in [0.3, 0.4) is 0 Å². The van der Waals surface area contributed by atoms with Gasteiger partial charge in [-0.25, -0.2) is 0 Å². The number of pyridine rings is 1. The Hall–Kier alpha value is -2.19. The lowest BCUT2D eigenvalue weighted by atomic mass is 9.97. The van der Waals surface area contributed by atoms with Gasteiger partial charge in [0.05, 0.1) is 5.52 Å². The van der Waals surface area contributed by atoms with E-state index in [-0.39, 0.29) is 0 Å². The topological polar surface area (TPSA) is 33.1 Å². The van der Waals surface area contributed by atoms with Crippen LogP contribution in [0, 0.1) is 0 Å². The van der Waals surface area contributed by atoms with Crippen LogP contribution in [0.15, 0.2) is 60.8 Å². The summed E-state index contributed by atoms with van der Waals surface area (Å²) < 4.78 is 0. The van der Waals surface area contributed by atoms with Gasteiger partial charge in [-0.15, -0.1) is 0 Å². The van der Waals surface area contributed by atoms with Crippen LogP contribution in [0.5, 0.6) is 0 Å². The minimum atomic E-state index is -0.576. The summed E-state index contributed by atoms with van der Waals surface area (Å²) in [6, 6.07) is 18.3. The van der Waals surface area contributed by atoms with Gasteiger partial charge in [-0.3, -0.25) is 4.98 Å². The van der Waals surface area contributed by atoms with Crippen molar-refractivity contribution in [2.24, 2.45) is 0 Å².